The van der Waals surface area contributed by atoms with Crippen LogP contribution in [0.1, 0.15) is 38.1 Å². The minimum Gasteiger partial charge on any atom is -0.459 e. The molecule has 20 heavy (non-hydrogen) atoms. The van der Waals surface area contributed by atoms with E-state index in [1.807, 2.05) is 25.1 Å². The first-order valence-electron chi connectivity index (χ1n) is 7.14. The molecule has 2 atom stereocenters. The van der Waals surface area contributed by atoms with Crippen LogP contribution in [-0.4, -0.2) is 12.7 Å². The Morgan fingerprint density at radius 2 is 2.05 bits per heavy atom. The van der Waals surface area contributed by atoms with E-state index in [0.717, 1.165) is 16.7 Å². The molecule has 3 N–H and O–H groups in total. The lowest BCUT2D eigenvalue weighted by molar-refractivity contribution is -0.00192. The second kappa shape index (κ2) is 6.39. The van der Waals surface area contributed by atoms with Gasteiger partial charge in [-0.05, 0) is 38.0 Å². The first-order chi connectivity index (χ1) is 9.56. The molecule has 110 valence electrons. The van der Waals surface area contributed by atoms with Crippen molar-refractivity contribution in [2.75, 3.05) is 6.61 Å². The average Bonchev–Trinajstić information content (AvgIpc) is 2.81. The van der Waals surface area contributed by atoms with Gasteiger partial charge in [-0.3, -0.25) is 5.84 Å². The Morgan fingerprint density at radius 3 is 2.65 bits per heavy atom. The van der Waals surface area contributed by atoms with Crippen LogP contribution in [0.5, 0.6) is 0 Å². The summed E-state index contributed by atoms with van der Waals surface area (Å²) < 4.78 is 11.8. The van der Waals surface area contributed by atoms with Crippen LogP contribution in [0.2, 0.25) is 0 Å². The molecule has 4 heteroatoms. The van der Waals surface area contributed by atoms with E-state index in [0.29, 0.717) is 12.5 Å². The highest BCUT2D eigenvalue weighted by Crippen LogP contribution is 2.29. The molecule has 1 heterocycles. The van der Waals surface area contributed by atoms with Gasteiger partial charge in [-0.25, -0.2) is 5.43 Å². The van der Waals surface area contributed by atoms with E-state index in [-0.39, 0.29) is 12.1 Å². The number of furan rings is 1. The zero-order chi connectivity index (χ0) is 14.7. The van der Waals surface area contributed by atoms with Crippen molar-refractivity contribution in [2.24, 2.45) is 11.8 Å². The van der Waals surface area contributed by atoms with E-state index in [1.165, 1.54) is 5.56 Å². The summed E-state index contributed by atoms with van der Waals surface area (Å²) in [6.45, 7) is 8.96. The average molecular weight is 276 g/mol. The third-order valence-electron chi connectivity index (χ3n) is 3.52. The molecule has 0 fully saturated rings. The lowest BCUT2D eigenvalue weighted by Gasteiger charge is -2.28. The van der Waals surface area contributed by atoms with Gasteiger partial charge in [-0.2, -0.15) is 0 Å². The van der Waals surface area contributed by atoms with Gasteiger partial charge in [0.15, 0.2) is 0 Å². The van der Waals surface area contributed by atoms with E-state index >= 15 is 0 Å². The van der Waals surface area contributed by atoms with Crippen LogP contribution in [0, 0.1) is 12.8 Å². The fraction of sp³-hybridized carbons (Fsp3) is 0.500. The lowest BCUT2D eigenvalue weighted by atomic mass is 9.97. The highest BCUT2D eigenvalue weighted by molar-refractivity contribution is 5.78. The predicted octanol–water partition coefficient (Wildman–Crippen LogP) is 3.31. The van der Waals surface area contributed by atoms with Gasteiger partial charge in [0.05, 0.1) is 6.10 Å². The Balaban J connectivity index is 2.37. The van der Waals surface area contributed by atoms with Crippen molar-refractivity contribution in [1.29, 1.82) is 0 Å². The van der Waals surface area contributed by atoms with E-state index in [4.69, 9.17) is 15.0 Å². The normalized spacial score (nSPS) is 14.9. The lowest BCUT2D eigenvalue weighted by Crippen LogP contribution is -2.40. The highest BCUT2D eigenvalue weighted by Gasteiger charge is 2.28. The largest absolute Gasteiger partial charge is 0.459 e. The van der Waals surface area contributed by atoms with E-state index in [1.54, 1.807) is 0 Å². The molecular weight excluding hydrogens is 252 g/mol. The third-order valence-corrected chi connectivity index (χ3v) is 3.52. The summed E-state index contributed by atoms with van der Waals surface area (Å²) in [5.74, 6) is 6.89. The standard InChI is InChI=1S/C16H24N2O2/c1-5-19-16(10(2)3)15(18-17)14-9-12-8-11(4)6-7-13(12)20-14/h6-10,15-16,18H,5,17H2,1-4H3. The van der Waals surface area contributed by atoms with Crippen molar-refractivity contribution in [2.45, 2.75) is 39.8 Å². The fourth-order valence-electron chi connectivity index (χ4n) is 2.54. The number of hydrogen-bond acceptors (Lipinski definition) is 4. The molecule has 0 aliphatic rings. The van der Waals surface area contributed by atoms with Gasteiger partial charge in [-0.15, -0.1) is 0 Å². The number of hydrazine groups is 1. The Bertz CT molecular complexity index is 563. The van der Waals surface area contributed by atoms with Crippen LogP contribution in [0.3, 0.4) is 0 Å². The first kappa shape index (κ1) is 15.0. The minimum absolute atomic E-state index is 0.0216. The van der Waals surface area contributed by atoms with Gasteiger partial charge in [0, 0.05) is 12.0 Å². The smallest absolute Gasteiger partial charge is 0.134 e. The second-order valence-corrected chi connectivity index (χ2v) is 5.50. The molecule has 0 amide bonds. The Hall–Kier alpha value is -1.36. The van der Waals surface area contributed by atoms with Crippen LogP contribution < -0.4 is 11.3 Å². The SMILES string of the molecule is CCOC(C(C)C)C(NN)c1cc2cc(C)ccc2o1. The van der Waals surface area contributed by atoms with Gasteiger partial charge >= 0.3 is 0 Å². The molecule has 0 saturated carbocycles. The fourth-order valence-corrected chi connectivity index (χ4v) is 2.54. The molecule has 0 saturated heterocycles. The first-order valence-corrected chi connectivity index (χ1v) is 7.14. The van der Waals surface area contributed by atoms with E-state index < -0.39 is 0 Å². The third kappa shape index (κ3) is 3.03. The number of rotatable bonds is 6. The molecular formula is C16H24N2O2. The van der Waals surface area contributed by atoms with Gasteiger partial charge in [-0.1, -0.05) is 25.5 Å². The molecule has 0 bridgehead atoms. The van der Waals surface area contributed by atoms with Crippen molar-refractivity contribution in [3.8, 4) is 0 Å². The summed E-state index contributed by atoms with van der Waals surface area (Å²) in [7, 11) is 0. The maximum atomic E-state index is 5.93. The van der Waals surface area contributed by atoms with Crippen LogP contribution in [0.15, 0.2) is 28.7 Å². The van der Waals surface area contributed by atoms with Gasteiger partial charge in [0.1, 0.15) is 17.4 Å². The maximum Gasteiger partial charge on any atom is 0.134 e. The second-order valence-electron chi connectivity index (χ2n) is 5.50. The van der Waals surface area contributed by atoms with Crippen molar-refractivity contribution >= 4 is 11.0 Å². The number of nitrogens with one attached hydrogen (secondary N) is 1. The molecule has 4 nitrogen and oxygen atoms in total. The number of fused-ring (bicyclic) bond motifs is 1. The van der Waals surface area contributed by atoms with E-state index in [2.05, 4.69) is 32.3 Å². The molecule has 0 aliphatic carbocycles. The van der Waals surface area contributed by atoms with Crippen LogP contribution in [0.25, 0.3) is 11.0 Å². The van der Waals surface area contributed by atoms with Crippen LogP contribution >= 0.6 is 0 Å². The summed E-state index contributed by atoms with van der Waals surface area (Å²) in [5.41, 5.74) is 4.94. The summed E-state index contributed by atoms with van der Waals surface area (Å²) in [5, 5.41) is 1.10. The molecule has 0 aliphatic heterocycles. The highest BCUT2D eigenvalue weighted by atomic mass is 16.5. The Kier molecular flexibility index (Phi) is 4.81. The molecule has 0 spiro atoms. The number of nitrogens with two attached hydrogens (primary N) is 1. The predicted molar refractivity (Wildman–Crippen MR) is 81.3 cm³/mol. The van der Waals surface area contributed by atoms with Crippen molar-refractivity contribution in [1.82, 2.24) is 5.43 Å². The zero-order valence-corrected chi connectivity index (χ0v) is 12.6. The molecule has 1 aromatic heterocycles. The Morgan fingerprint density at radius 1 is 1.30 bits per heavy atom. The summed E-state index contributed by atoms with van der Waals surface area (Å²) in [6, 6.07) is 8.04. The number of hydrogen-bond donors (Lipinski definition) is 2. The minimum atomic E-state index is -0.150. The van der Waals surface area contributed by atoms with Crippen molar-refractivity contribution in [3.63, 3.8) is 0 Å². The molecule has 2 aromatic rings. The summed E-state index contributed by atoms with van der Waals surface area (Å²) in [4.78, 5) is 0. The Labute approximate surface area is 120 Å². The molecule has 2 rings (SSSR count). The topological polar surface area (TPSA) is 60.4 Å². The van der Waals surface area contributed by atoms with Crippen LogP contribution in [0.4, 0.5) is 0 Å². The quantitative estimate of drug-likeness (QED) is 0.627. The van der Waals surface area contributed by atoms with Crippen molar-refractivity contribution < 1.29 is 9.15 Å². The van der Waals surface area contributed by atoms with Crippen molar-refractivity contribution in [3.05, 3.63) is 35.6 Å². The maximum absolute atomic E-state index is 5.93. The number of ether oxygens (including phenoxy) is 1. The number of aryl methyl sites for hydroxylation is 1. The molecule has 1 aromatic carbocycles. The zero-order valence-electron chi connectivity index (χ0n) is 12.6. The monoisotopic (exact) mass is 276 g/mol. The summed E-state index contributed by atoms with van der Waals surface area (Å²) >= 11 is 0. The molecule has 0 radical (unpaired) electrons. The van der Waals surface area contributed by atoms with Gasteiger partial charge < -0.3 is 9.15 Å². The molecule has 2 unspecified atom stereocenters. The van der Waals surface area contributed by atoms with Gasteiger partial charge in [0.25, 0.3) is 0 Å². The number of benzene rings is 1. The van der Waals surface area contributed by atoms with Crippen LogP contribution in [-0.2, 0) is 4.74 Å². The van der Waals surface area contributed by atoms with E-state index in [9.17, 15) is 0 Å². The summed E-state index contributed by atoms with van der Waals surface area (Å²) in [6.07, 6.45) is -0.0216. The van der Waals surface area contributed by atoms with Gasteiger partial charge in [0.2, 0.25) is 0 Å².